The molecule has 0 fully saturated rings. The number of hydrogen-bond acceptors (Lipinski definition) is 4. The molecule has 0 aliphatic rings. The van der Waals surface area contributed by atoms with Gasteiger partial charge in [-0.05, 0) is 0 Å². The van der Waals surface area contributed by atoms with E-state index < -0.39 is 11.2 Å². The fourth-order valence-electron chi connectivity index (χ4n) is 1.53. The Kier molecular flexibility index (Phi) is 5.01. The van der Waals surface area contributed by atoms with Crippen molar-refractivity contribution >= 4 is 6.21 Å². The molecule has 2 aromatic rings. The summed E-state index contributed by atoms with van der Waals surface area (Å²) in [6.07, 6.45) is 4.80. The lowest BCUT2D eigenvalue weighted by atomic mass is 10.3. The fourth-order valence-corrected chi connectivity index (χ4v) is 1.53. The molecule has 0 aromatic carbocycles. The van der Waals surface area contributed by atoms with Gasteiger partial charge in [-0.3, -0.25) is 9.78 Å². The summed E-state index contributed by atoms with van der Waals surface area (Å²) in [6.45, 7) is 0.371. The molecule has 2 aromatic heterocycles. The maximum absolute atomic E-state index is 11.1. The molecule has 8 heteroatoms. The Labute approximate surface area is 113 Å². The molecule has 100 valence electrons. The van der Waals surface area contributed by atoms with E-state index >= 15 is 0 Å². The average Bonchev–Trinajstić information content (AvgIpc) is 2.31. The minimum absolute atomic E-state index is 0. The minimum atomic E-state index is -0.526. The first-order chi connectivity index (χ1) is 8.67. The van der Waals surface area contributed by atoms with Crippen LogP contribution in [-0.2, 0) is 6.54 Å². The van der Waals surface area contributed by atoms with E-state index in [2.05, 4.69) is 15.1 Å². The SMILES string of the molecule is O=c1cc(C[n+]2ccc(/C=N/O)cc2)[nH]c(=O)[nH]1.[Cl-]. The molecule has 0 aliphatic carbocycles. The summed E-state index contributed by atoms with van der Waals surface area (Å²) < 4.78 is 1.78. The maximum atomic E-state index is 11.1. The number of rotatable bonds is 3. The second-order valence-corrected chi connectivity index (χ2v) is 3.66. The molecule has 2 rings (SSSR count). The normalized spacial score (nSPS) is 10.3. The number of nitrogens with one attached hydrogen (secondary N) is 2. The Balaban J connectivity index is 0.00000180. The maximum Gasteiger partial charge on any atom is 0.326 e. The van der Waals surface area contributed by atoms with Gasteiger partial charge in [0.2, 0.25) is 0 Å². The quantitative estimate of drug-likeness (QED) is 0.233. The van der Waals surface area contributed by atoms with Gasteiger partial charge in [0, 0.05) is 23.8 Å². The van der Waals surface area contributed by atoms with Crippen LogP contribution in [0.3, 0.4) is 0 Å². The molecule has 0 aliphatic heterocycles. The summed E-state index contributed by atoms with van der Waals surface area (Å²) in [5.41, 5.74) is 0.297. The van der Waals surface area contributed by atoms with Crippen molar-refractivity contribution in [3.63, 3.8) is 0 Å². The molecular weight excluding hydrogens is 272 g/mol. The van der Waals surface area contributed by atoms with E-state index in [1.807, 2.05) is 0 Å². The monoisotopic (exact) mass is 282 g/mol. The van der Waals surface area contributed by atoms with E-state index in [0.717, 1.165) is 5.56 Å². The number of aromatic amines is 2. The molecule has 0 amide bonds. The molecule has 0 radical (unpaired) electrons. The van der Waals surface area contributed by atoms with Crippen LogP contribution < -0.4 is 28.2 Å². The smallest absolute Gasteiger partial charge is 0.326 e. The molecule has 0 saturated heterocycles. The van der Waals surface area contributed by atoms with Crippen LogP contribution in [0.4, 0.5) is 0 Å². The van der Waals surface area contributed by atoms with Crippen LogP contribution in [0.2, 0.25) is 0 Å². The number of pyridine rings is 1. The minimum Gasteiger partial charge on any atom is -1.00 e. The van der Waals surface area contributed by atoms with Crippen molar-refractivity contribution in [2.75, 3.05) is 0 Å². The van der Waals surface area contributed by atoms with Crippen molar-refractivity contribution in [2.24, 2.45) is 5.16 Å². The number of H-pyrrole nitrogens is 2. The molecule has 0 bridgehead atoms. The molecule has 0 saturated carbocycles. The van der Waals surface area contributed by atoms with Crippen molar-refractivity contribution < 1.29 is 22.2 Å². The Hall–Kier alpha value is -2.41. The summed E-state index contributed by atoms with van der Waals surface area (Å²) in [7, 11) is 0. The standard InChI is InChI=1S/C11H10N4O3.ClH/c16-10-5-9(13-11(17)14-10)7-15-3-1-8(2-4-15)6-12-18;/h1-6H,7H2,(H2,13,14,16,17);1H. The largest absolute Gasteiger partial charge is 1.00 e. The second-order valence-electron chi connectivity index (χ2n) is 3.66. The molecule has 19 heavy (non-hydrogen) atoms. The Morgan fingerprint density at radius 1 is 1.26 bits per heavy atom. The number of nitrogens with zero attached hydrogens (tertiary/aromatic N) is 2. The van der Waals surface area contributed by atoms with E-state index in [1.165, 1.54) is 12.3 Å². The van der Waals surface area contributed by atoms with Crippen LogP contribution in [0.1, 0.15) is 11.3 Å². The van der Waals surface area contributed by atoms with Crippen molar-refractivity contribution in [1.29, 1.82) is 0 Å². The molecule has 0 atom stereocenters. The van der Waals surface area contributed by atoms with Gasteiger partial charge in [0.05, 0.1) is 11.9 Å². The highest BCUT2D eigenvalue weighted by Gasteiger charge is 2.04. The van der Waals surface area contributed by atoms with Gasteiger partial charge in [-0.15, -0.1) is 0 Å². The van der Waals surface area contributed by atoms with E-state index in [4.69, 9.17) is 5.21 Å². The van der Waals surface area contributed by atoms with E-state index in [9.17, 15) is 9.59 Å². The summed E-state index contributed by atoms with van der Waals surface area (Å²) in [6, 6.07) is 4.81. The first kappa shape index (κ1) is 14.7. The lowest BCUT2D eigenvalue weighted by Crippen LogP contribution is -3.00. The van der Waals surface area contributed by atoms with E-state index in [1.54, 1.807) is 29.1 Å². The van der Waals surface area contributed by atoms with E-state index in [-0.39, 0.29) is 12.4 Å². The van der Waals surface area contributed by atoms with E-state index in [0.29, 0.717) is 12.2 Å². The fraction of sp³-hybridized carbons (Fsp3) is 0.0909. The zero-order valence-corrected chi connectivity index (χ0v) is 10.5. The predicted octanol–water partition coefficient (Wildman–Crippen LogP) is -3.79. The Morgan fingerprint density at radius 2 is 1.95 bits per heavy atom. The number of halogens is 1. The van der Waals surface area contributed by atoms with Gasteiger partial charge in [-0.2, -0.15) is 4.57 Å². The molecule has 0 unspecified atom stereocenters. The summed E-state index contributed by atoms with van der Waals surface area (Å²) in [5.74, 6) is 0. The number of oxime groups is 1. The van der Waals surface area contributed by atoms with Crippen LogP contribution in [0, 0.1) is 0 Å². The Bertz CT molecular complexity index is 647. The van der Waals surface area contributed by atoms with Crippen molar-refractivity contribution in [2.45, 2.75) is 6.54 Å². The highest BCUT2D eigenvalue weighted by molar-refractivity contribution is 5.78. The highest BCUT2D eigenvalue weighted by atomic mass is 35.5. The first-order valence-electron chi connectivity index (χ1n) is 5.16. The van der Waals surface area contributed by atoms with Gasteiger partial charge in [0.25, 0.3) is 5.56 Å². The van der Waals surface area contributed by atoms with Crippen molar-refractivity contribution in [1.82, 2.24) is 9.97 Å². The van der Waals surface area contributed by atoms with Gasteiger partial charge >= 0.3 is 5.69 Å². The third-order valence-corrected chi connectivity index (χ3v) is 2.29. The van der Waals surface area contributed by atoms with Crippen molar-refractivity contribution in [3.05, 3.63) is 62.7 Å². The van der Waals surface area contributed by atoms with Crippen LogP contribution in [-0.4, -0.2) is 21.4 Å². The predicted molar refractivity (Wildman–Crippen MR) is 62.8 cm³/mol. The summed E-state index contributed by atoms with van der Waals surface area (Å²) >= 11 is 0. The summed E-state index contributed by atoms with van der Waals surface area (Å²) in [4.78, 5) is 26.8. The molecule has 7 nitrogen and oxygen atoms in total. The van der Waals surface area contributed by atoms with Crippen LogP contribution in [0.15, 0.2) is 45.3 Å². The zero-order valence-electron chi connectivity index (χ0n) is 9.71. The zero-order chi connectivity index (χ0) is 13.0. The van der Waals surface area contributed by atoms with Crippen LogP contribution in [0.25, 0.3) is 0 Å². The topological polar surface area (TPSA) is 102 Å². The Morgan fingerprint density at radius 3 is 2.53 bits per heavy atom. The van der Waals surface area contributed by atoms with Gasteiger partial charge in [0.15, 0.2) is 18.9 Å². The van der Waals surface area contributed by atoms with Crippen LogP contribution in [0.5, 0.6) is 0 Å². The number of hydrogen-bond donors (Lipinski definition) is 3. The average molecular weight is 283 g/mol. The number of aromatic nitrogens is 3. The van der Waals surface area contributed by atoms with Gasteiger partial charge in [0.1, 0.15) is 0 Å². The molecule has 2 heterocycles. The molecule has 3 N–H and O–H groups in total. The first-order valence-corrected chi connectivity index (χ1v) is 5.16. The molecule has 0 spiro atoms. The second kappa shape index (κ2) is 6.50. The third kappa shape index (κ3) is 4.07. The van der Waals surface area contributed by atoms with Gasteiger partial charge < -0.3 is 22.6 Å². The lowest BCUT2D eigenvalue weighted by molar-refractivity contribution is -0.688. The molecular formula is C11H11ClN4O3. The van der Waals surface area contributed by atoms with Crippen molar-refractivity contribution in [3.8, 4) is 0 Å². The van der Waals surface area contributed by atoms with Gasteiger partial charge in [-0.1, -0.05) is 5.16 Å². The van der Waals surface area contributed by atoms with Gasteiger partial charge in [-0.25, -0.2) is 4.79 Å². The lowest BCUT2D eigenvalue weighted by Gasteiger charge is -1.97. The summed E-state index contributed by atoms with van der Waals surface area (Å²) in [5, 5.41) is 11.3. The highest BCUT2D eigenvalue weighted by Crippen LogP contribution is 1.91. The third-order valence-electron chi connectivity index (χ3n) is 2.29. The van der Waals surface area contributed by atoms with Crippen LogP contribution >= 0.6 is 0 Å².